The summed E-state index contributed by atoms with van der Waals surface area (Å²) < 4.78 is 5.76. The Morgan fingerprint density at radius 3 is 2.16 bits per heavy atom. The molecule has 0 saturated heterocycles. The molecule has 4 heteroatoms. The van der Waals surface area contributed by atoms with Crippen molar-refractivity contribution in [2.75, 3.05) is 5.73 Å². The lowest BCUT2D eigenvalue weighted by Crippen LogP contribution is -2.43. The van der Waals surface area contributed by atoms with E-state index in [-0.39, 0.29) is 5.84 Å². The Morgan fingerprint density at radius 2 is 1.68 bits per heavy atom. The number of hydrogen-bond acceptors (Lipinski definition) is 3. The highest BCUT2D eigenvalue weighted by atomic mass is 16.4. The van der Waals surface area contributed by atoms with Crippen LogP contribution in [0.25, 0.3) is 0 Å². The molecule has 5 N–H and O–H groups in total. The molecule has 0 amide bonds. The van der Waals surface area contributed by atoms with Gasteiger partial charge in [-0.15, -0.1) is 0 Å². The van der Waals surface area contributed by atoms with Gasteiger partial charge in [-0.3, -0.25) is 5.41 Å². The molecule has 0 atom stereocenters. The Balaban J connectivity index is 1.69. The van der Waals surface area contributed by atoms with Crippen LogP contribution in [0.5, 0.6) is 0 Å². The third-order valence-corrected chi connectivity index (χ3v) is 5.63. The predicted octanol–water partition coefficient (Wildman–Crippen LogP) is 2.69. The number of nitrogens with two attached hydrogens (primary N) is 2. The van der Waals surface area contributed by atoms with E-state index in [1.54, 1.807) is 0 Å². The predicted molar refractivity (Wildman–Crippen MR) is 73.9 cm³/mol. The molecule has 4 saturated carbocycles. The fraction of sp³-hybridized carbons (Fsp3) is 0.667. The molecule has 4 aliphatic carbocycles. The standard InChI is InChI=1S/C15H21N3O/c16-14(17)11-6-12(19-15(11)18)13-9-2-7-1-8(4-9)5-10(13)3-7/h6-10,13H,1-5,18H2,(H3,16,17). The molecule has 19 heavy (non-hydrogen) atoms. The number of hydrogen-bond donors (Lipinski definition) is 3. The Bertz CT molecular complexity index is 505. The normalized spacial score (nSPS) is 39.7. The number of nitrogens with one attached hydrogen (secondary N) is 1. The van der Waals surface area contributed by atoms with Crippen LogP contribution in [0.15, 0.2) is 10.5 Å². The summed E-state index contributed by atoms with van der Waals surface area (Å²) in [6, 6.07) is 1.92. The van der Waals surface area contributed by atoms with Gasteiger partial charge in [0.15, 0.2) is 0 Å². The molecule has 4 aliphatic rings. The molecule has 4 fully saturated rings. The summed E-state index contributed by atoms with van der Waals surface area (Å²) in [6.45, 7) is 0. The van der Waals surface area contributed by atoms with Gasteiger partial charge in [-0.05, 0) is 61.8 Å². The summed E-state index contributed by atoms with van der Waals surface area (Å²) in [6.07, 6.45) is 6.88. The topological polar surface area (TPSA) is 89.0 Å². The quantitative estimate of drug-likeness (QED) is 0.563. The average molecular weight is 259 g/mol. The smallest absolute Gasteiger partial charge is 0.201 e. The summed E-state index contributed by atoms with van der Waals surface area (Å²) in [4.78, 5) is 0. The zero-order chi connectivity index (χ0) is 13.1. The van der Waals surface area contributed by atoms with E-state index in [1.807, 2.05) is 6.07 Å². The van der Waals surface area contributed by atoms with E-state index >= 15 is 0 Å². The fourth-order valence-electron chi connectivity index (χ4n) is 5.19. The summed E-state index contributed by atoms with van der Waals surface area (Å²) >= 11 is 0. The molecular weight excluding hydrogens is 238 g/mol. The van der Waals surface area contributed by atoms with Crippen molar-refractivity contribution in [1.29, 1.82) is 5.41 Å². The molecule has 1 heterocycles. The van der Waals surface area contributed by atoms with Crippen molar-refractivity contribution in [2.45, 2.75) is 38.0 Å². The maximum absolute atomic E-state index is 7.54. The van der Waals surface area contributed by atoms with Crippen molar-refractivity contribution in [3.63, 3.8) is 0 Å². The lowest BCUT2D eigenvalue weighted by atomic mass is 9.51. The second-order valence-corrected chi connectivity index (χ2v) is 6.80. The molecule has 1 aromatic heterocycles. The minimum absolute atomic E-state index is 0.0105. The lowest BCUT2D eigenvalue weighted by molar-refractivity contribution is -0.00936. The first-order valence-corrected chi connectivity index (χ1v) is 7.35. The summed E-state index contributed by atoms with van der Waals surface area (Å²) in [7, 11) is 0. The molecule has 0 spiro atoms. The van der Waals surface area contributed by atoms with Crippen LogP contribution in [0.2, 0.25) is 0 Å². The highest BCUT2D eigenvalue weighted by molar-refractivity contribution is 5.98. The second-order valence-electron chi connectivity index (χ2n) is 6.80. The van der Waals surface area contributed by atoms with Gasteiger partial charge in [0.25, 0.3) is 0 Å². The van der Waals surface area contributed by atoms with Crippen LogP contribution in [0, 0.1) is 29.1 Å². The van der Waals surface area contributed by atoms with Crippen LogP contribution in [0.3, 0.4) is 0 Å². The molecule has 4 nitrogen and oxygen atoms in total. The Kier molecular flexibility index (Phi) is 2.26. The maximum atomic E-state index is 7.54. The molecular formula is C15H21N3O. The van der Waals surface area contributed by atoms with Crippen molar-refractivity contribution in [3.05, 3.63) is 17.4 Å². The maximum Gasteiger partial charge on any atom is 0.201 e. The van der Waals surface area contributed by atoms with Crippen molar-refractivity contribution >= 4 is 11.7 Å². The highest BCUT2D eigenvalue weighted by Crippen LogP contribution is 2.60. The molecule has 0 unspecified atom stereocenters. The number of rotatable bonds is 2. The van der Waals surface area contributed by atoms with E-state index in [0.29, 0.717) is 17.4 Å². The molecule has 1 aromatic rings. The first kappa shape index (κ1) is 11.4. The van der Waals surface area contributed by atoms with Gasteiger partial charge in [0, 0.05) is 5.92 Å². The molecule has 0 radical (unpaired) electrons. The van der Waals surface area contributed by atoms with Gasteiger partial charge in [-0.25, -0.2) is 0 Å². The fourth-order valence-corrected chi connectivity index (χ4v) is 5.19. The van der Waals surface area contributed by atoms with Gasteiger partial charge in [-0.1, -0.05) is 0 Å². The van der Waals surface area contributed by atoms with E-state index < -0.39 is 0 Å². The SMILES string of the molecule is N=C(N)c1cc(C2C3CC4CC(C3)CC2C4)oc1N. The van der Waals surface area contributed by atoms with Crippen LogP contribution in [-0.4, -0.2) is 5.84 Å². The zero-order valence-electron chi connectivity index (χ0n) is 11.1. The van der Waals surface area contributed by atoms with E-state index in [1.165, 1.54) is 32.1 Å². The number of amidine groups is 1. The number of furan rings is 1. The zero-order valence-corrected chi connectivity index (χ0v) is 11.1. The van der Waals surface area contributed by atoms with Crippen LogP contribution >= 0.6 is 0 Å². The summed E-state index contributed by atoms with van der Waals surface area (Å²) in [5.74, 6) is 5.27. The van der Waals surface area contributed by atoms with Gasteiger partial charge >= 0.3 is 0 Å². The minimum Gasteiger partial charge on any atom is -0.445 e. The van der Waals surface area contributed by atoms with Crippen molar-refractivity contribution in [1.82, 2.24) is 0 Å². The molecule has 0 aliphatic heterocycles. The summed E-state index contributed by atoms with van der Waals surface area (Å²) in [5, 5.41) is 7.54. The molecule has 4 bridgehead atoms. The van der Waals surface area contributed by atoms with Crippen molar-refractivity contribution in [2.24, 2.45) is 29.4 Å². The number of nitrogen functional groups attached to an aromatic ring is 2. The summed E-state index contributed by atoms with van der Waals surface area (Å²) in [5.41, 5.74) is 12.0. The van der Waals surface area contributed by atoms with Crippen LogP contribution in [-0.2, 0) is 0 Å². The van der Waals surface area contributed by atoms with Crippen LogP contribution in [0.1, 0.15) is 49.3 Å². The average Bonchev–Trinajstić information content (AvgIpc) is 2.69. The monoisotopic (exact) mass is 259 g/mol. The van der Waals surface area contributed by atoms with E-state index in [4.69, 9.17) is 21.3 Å². The van der Waals surface area contributed by atoms with E-state index in [0.717, 1.165) is 29.4 Å². The second kappa shape index (κ2) is 3.78. The Hall–Kier alpha value is -1.45. The van der Waals surface area contributed by atoms with Gasteiger partial charge in [0.1, 0.15) is 11.6 Å². The third-order valence-electron chi connectivity index (χ3n) is 5.63. The molecule has 0 aromatic carbocycles. The molecule has 5 rings (SSSR count). The first-order valence-electron chi connectivity index (χ1n) is 7.35. The van der Waals surface area contributed by atoms with Gasteiger partial charge in [0.05, 0.1) is 5.56 Å². The largest absolute Gasteiger partial charge is 0.445 e. The third kappa shape index (κ3) is 1.62. The van der Waals surface area contributed by atoms with Crippen LogP contribution < -0.4 is 11.5 Å². The van der Waals surface area contributed by atoms with Gasteiger partial charge in [0.2, 0.25) is 5.88 Å². The van der Waals surface area contributed by atoms with Crippen molar-refractivity contribution < 1.29 is 4.42 Å². The van der Waals surface area contributed by atoms with E-state index in [9.17, 15) is 0 Å². The van der Waals surface area contributed by atoms with Gasteiger partial charge in [-0.2, -0.15) is 0 Å². The Labute approximate surface area is 113 Å². The number of anilines is 1. The highest BCUT2D eigenvalue weighted by Gasteiger charge is 2.49. The first-order chi connectivity index (χ1) is 9.11. The molecule has 102 valence electrons. The van der Waals surface area contributed by atoms with Gasteiger partial charge < -0.3 is 15.9 Å². The van der Waals surface area contributed by atoms with E-state index in [2.05, 4.69) is 0 Å². The lowest BCUT2D eigenvalue weighted by Gasteiger charge is -2.53. The Morgan fingerprint density at radius 1 is 1.11 bits per heavy atom. The minimum atomic E-state index is 0.0105. The van der Waals surface area contributed by atoms with Crippen LogP contribution in [0.4, 0.5) is 5.88 Å². The van der Waals surface area contributed by atoms with Crippen molar-refractivity contribution in [3.8, 4) is 0 Å².